The highest BCUT2D eigenvalue weighted by Crippen LogP contribution is 2.40. The van der Waals surface area contributed by atoms with Gasteiger partial charge in [-0.3, -0.25) is 0 Å². The van der Waals surface area contributed by atoms with E-state index in [-0.39, 0.29) is 0 Å². The topological polar surface area (TPSA) is 45.4 Å². The summed E-state index contributed by atoms with van der Waals surface area (Å²) in [4.78, 5) is 14.1. The van der Waals surface area contributed by atoms with Crippen molar-refractivity contribution in [2.45, 2.75) is 0 Å². The van der Waals surface area contributed by atoms with E-state index in [0.29, 0.717) is 5.89 Å². The summed E-state index contributed by atoms with van der Waals surface area (Å²) in [5.74, 6) is 0.616. The molecule has 56 heavy (non-hydrogen) atoms. The average molecular weight is 739 g/mol. The number of anilines is 6. The number of aromatic nitrogens is 2. The van der Waals surface area contributed by atoms with Crippen LogP contribution in [-0.4, -0.2) is 9.97 Å². The lowest BCUT2D eigenvalue weighted by atomic mass is 10.0. The average Bonchev–Trinajstić information content (AvgIpc) is 3.91. The van der Waals surface area contributed by atoms with Crippen molar-refractivity contribution in [3.63, 3.8) is 0 Å². The van der Waals surface area contributed by atoms with Crippen molar-refractivity contribution in [1.82, 2.24) is 9.97 Å². The van der Waals surface area contributed by atoms with Crippen molar-refractivity contribution in [2.24, 2.45) is 0 Å². The Labute approximate surface area is 329 Å². The Bertz CT molecular complexity index is 2620. The largest absolute Gasteiger partial charge is 0.436 e. The minimum Gasteiger partial charge on any atom is -0.436 e. The van der Waals surface area contributed by atoms with Gasteiger partial charge in [0.1, 0.15) is 10.5 Å². The molecule has 0 unspecified atom stereocenters. The van der Waals surface area contributed by atoms with E-state index in [1.807, 2.05) is 36.4 Å². The summed E-state index contributed by atoms with van der Waals surface area (Å²) in [6.45, 7) is 0. The zero-order valence-electron chi connectivity index (χ0n) is 30.2. The molecule has 0 radical (unpaired) electrons. The normalized spacial score (nSPS) is 11.2. The first-order chi connectivity index (χ1) is 27.7. The Morgan fingerprint density at radius 3 is 1.25 bits per heavy atom. The molecule has 0 aliphatic carbocycles. The van der Waals surface area contributed by atoms with Crippen LogP contribution in [0.4, 0.5) is 34.1 Å². The monoisotopic (exact) mass is 738 g/mol. The van der Waals surface area contributed by atoms with Crippen molar-refractivity contribution in [1.29, 1.82) is 0 Å². The van der Waals surface area contributed by atoms with E-state index < -0.39 is 0 Å². The van der Waals surface area contributed by atoms with Crippen molar-refractivity contribution >= 4 is 66.8 Å². The van der Waals surface area contributed by atoms with Gasteiger partial charge in [-0.1, -0.05) is 84.9 Å². The number of oxazole rings is 1. The molecule has 0 atom stereocenters. The molecule has 0 amide bonds. The van der Waals surface area contributed by atoms with Crippen molar-refractivity contribution < 1.29 is 4.42 Å². The highest BCUT2D eigenvalue weighted by Gasteiger charge is 2.16. The van der Waals surface area contributed by atoms with E-state index in [9.17, 15) is 0 Å². The number of rotatable bonds is 9. The van der Waals surface area contributed by atoms with Gasteiger partial charge in [0.15, 0.2) is 5.58 Å². The first-order valence-corrected chi connectivity index (χ1v) is 19.4. The molecule has 0 spiro atoms. The third-order valence-corrected chi connectivity index (χ3v) is 11.0. The van der Waals surface area contributed by atoms with E-state index in [4.69, 9.17) is 14.4 Å². The highest BCUT2D eigenvalue weighted by atomic mass is 32.1. The molecule has 10 rings (SSSR count). The number of hydrogen-bond donors (Lipinski definition) is 0. The molecular weight excluding hydrogens is 705 g/mol. The van der Waals surface area contributed by atoms with Gasteiger partial charge in [0.05, 0.1) is 10.2 Å². The van der Waals surface area contributed by atoms with Crippen molar-refractivity contribution in [3.8, 4) is 33.2 Å². The Morgan fingerprint density at radius 2 is 0.750 bits per heavy atom. The lowest BCUT2D eigenvalue weighted by Gasteiger charge is -2.26. The Morgan fingerprint density at radius 1 is 0.339 bits per heavy atom. The smallest absolute Gasteiger partial charge is 0.227 e. The predicted molar refractivity (Wildman–Crippen MR) is 233 cm³/mol. The lowest BCUT2D eigenvalue weighted by molar-refractivity contribution is 0.620. The number of hydrogen-bond acceptors (Lipinski definition) is 6. The maximum atomic E-state index is 6.04. The van der Waals surface area contributed by atoms with Gasteiger partial charge in [-0.15, -0.1) is 11.3 Å². The number of para-hydroxylation sites is 5. The summed E-state index contributed by atoms with van der Waals surface area (Å²) in [5.41, 5.74) is 13.5. The van der Waals surface area contributed by atoms with Crippen LogP contribution < -0.4 is 9.80 Å². The van der Waals surface area contributed by atoms with Gasteiger partial charge in [0, 0.05) is 45.3 Å². The fourth-order valence-electron chi connectivity index (χ4n) is 7.15. The molecule has 8 aromatic carbocycles. The second-order valence-electron chi connectivity index (χ2n) is 13.5. The molecule has 2 aromatic heterocycles. The molecule has 6 heteroatoms. The van der Waals surface area contributed by atoms with Gasteiger partial charge in [0.25, 0.3) is 0 Å². The quantitative estimate of drug-likeness (QED) is 0.148. The first-order valence-electron chi connectivity index (χ1n) is 18.6. The van der Waals surface area contributed by atoms with Crippen LogP contribution in [0.5, 0.6) is 0 Å². The number of fused-ring (bicyclic) bond motifs is 2. The molecule has 10 aromatic rings. The molecule has 0 fully saturated rings. The van der Waals surface area contributed by atoms with Crippen LogP contribution in [0, 0.1) is 0 Å². The van der Waals surface area contributed by atoms with Gasteiger partial charge in [-0.2, -0.15) is 0 Å². The number of nitrogens with zero attached hydrogens (tertiary/aromatic N) is 4. The molecule has 266 valence electrons. The Balaban J connectivity index is 0.925. The van der Waals surface area contributed by atoms with Crippen LogP contribution >= 0.6 is 11.3 Å². The SMILES string of the molecule is c1ccc(N(c2ccc(-c3ccc(N(c4ccccc4)c4ccc(-c5nc6ccccc6s5)cc4)cc3)cc2)c2ccc(-c3nc4ccccc4o3)cc2)cc1. The molecule has 5 nitrogen and oxygen atoms in total. The van der Waals surface area contributed by atoms with Gasteiger partial charge in [0.2, 0.25) is 5.89 Å². The van der Waals surface area contributed by atoms with E-state index in [1.54, 1.807) is 11.3 Å². The first kappa shape index (κ1) is 33.3. The van der Waals surface area contributed by atoms with E-state index >= 15 is 0 Å². The summed E-state index contributed by atoms with van der Waals surface area (Å²) in [6.07, 6.45) is 0. The third-order valence-electron chi connectivity index (χ3n) is 9.95. The van der Waals surface area contributed by atoms with Gasteiger partial charge in [-0.05, 0) is 132 Å². The maximum absolute atomic E-state index is 6.04. The molecule has 2 heterocycles. The fourth-order valence-corrected chi connectivity index (χ4v) is 8.12. The fraction of sp³-hybridized carbons (Fsp3) is 0. The lowest BCUT2D eigenvalue weighted by Crippen LogP contribution is -2.10. The molecule has 0 aliphatic heterocycles. The summed E-state index contributed by atoms with van der Waals surface area (Å²) in [6, 6.07) is 71.8. The molecule has 0 bridgehead atoms. The Kier molecular flexibility index (Phi) is 8.63. The summed E-state index contributed by atoms with van der Waals surface area (Å²) in [7, 11) is 0. The maximum Gasteiger partial charge on any atom is 0.227 e. The van der Waals surface area contributed by atoms with Gasteiger partial charge < -0.3 is 14.2 Å². The van der Waals surface area contributed by atoms with E-state index in [2.05, 4.69) is 180 Å². The van der Waals surface area contributed by atoms with Crippen LogP contribution in [0.3, 0.4) is 0 Å². The second-order valence-corrected chi connectivity index (χ2v) is 14.5. The number of benzene rings is 8. The summed E-state index contributed by atoms with van der Waals surface area (Å²) < 4.78 is 7.24. The van der Waals surface area contributed by atoms with E-state index in [1.165, 1.54) is 4.70 Å². The third kappa shape index (κ3) is 6.48. The van der Waals surface area contributed by atoms with Crippen LogP contribution in [0.2, 0.25) is 0 Å². The van der Waals surface area contributed by atoms with E-state index in [0.717, 1.165) is 78.0 Å². The van der Waals surface area contributed by atoms with Crippen molar-refractivity contribution in [3.05, 3.63) is 206 Å². The zero-order valence-corrected chi connectivity index (χ0v) is 31.1. The molecule has 0 aliphatic rings. The molecule has 0 saturated heterocycles. The van der Waals surface area contributed by atoms with Crippen molar-refractivity contribution in [2.75, 3.05) is 9.80 Å². The van der Waals surface area contributed by atoms with Crippen LogP contribution in [0.25, 0.3) is 54.5 Å². The molecule has 0 N–H and O–H groups in total. The van der Waals surface area contributed by atoms with Gasteiger partial charge >= 0.3 is 0 Å². The standard InChI is InChI=1S/C50H34N4OS/c1-3-11-39(12-4-1)53(43-31-23-37(24-32-43)49-51-45-15-7-9-17-47(45)55-49)41-27-19-35(20-28-41)36-21-29-42(30-22-36)54(40-13-5-2-6-14-40)44-33-25-38(26-34-44)50-52-46-16-8-10-18-48(46)56-50/h1-34H. The second kappa shape index (κ2) is 14.5. The zero-order chi connectivity index (χ0) is 37.3. The summed E-state index contributed by atoms with van der Waals surface area (Å²) in [5, 5.41) is 1.03. The minimum absolute atomic E-state index is 0.616. The predicted octanol–water partition coefficient (Wildman–Crippen LogP) is 14.4. The minimum atomic E-state index is 0.616. The van der Waals surface area contributed by atoms with Crippen LogP contribution in [-0.2, 0) is 0 Å². The van der Waals surface area contributed by atoms with Crippen LogP contribution in [0.1, 0.15) is 0 Å². The highest BCUT2D eigenvalue weighted by molar-refractivity contribution is 7.21. The number of thiazole rings is 1. The molecule has 0 saturated carbocycles. The molecular formula is C50H34N4OS. The van der Waals surface area contributed by atoms with Gasteiger partial charge in [-0.25, -0.2) is 9.97 Å². The summed E-state index contributed by atoms with van der Waals surface area (Å²) >= 11 is 1.72. The Hall–Kier alpha value is -7.28. The van der Waals surface area contributed by atoms with Crippen LogP contribution in [0.15, 0.2) is 211 Å².